The maximum Gasteiger partial charge on any atom is 0.159 e. The highest BCUT2D eigenvalue weighted by atomic mass is 32.2. The number of thioether (sulfide) groups is 1. The molecule has 1 aliphatic heterocycles. The standard InChI is InChI=1S/C15H21N3S/c1-2-6-14(7-3-1)18(15-17-9-10-19-15)12-13-5-4-8-16-11-13/h4-5,8,11,14H,1-3,6-7,9-10,12H2. The Morgan fingerprint density at radius 3 is 2.84 bits per heavy atom. The first-order valence-electron chi connectivity index (χ1n) is 7.26. The minimum atomic E-state index is 0.679. The zero-order valence-corrected chi connectivity index (χ0v) is 12.1. The molecule has 4 heteroatoms. The average Bonchev–Trinajstić information content (AvgIpc) is 3.01. The third-order valence-electron chi connectivity index (χ3n) is 3.91. The van der Waals surface area contributed by atoms with E-state index in [0.717, 1.165) is 18.8 Å². The molecule has 1 aromatic rings. The summed E-state index contributed by atoms with van der Waals surface area (Å²) in [6.45, 7) is 1.95. The van der Waals surface area contributed by atoms with Gasteiger partial charge >= 0.3 is 0 Å². The van der Waals surface area contributed by atoms with E-state index in [9.17, 15) is 0 Å². The summed E-state index contributed by atoms with van der Waals surface area (Å²) in [5.74, 6) is 1.14. The Morgan fingerprint density at radius 1 is 1.26 bits per heavy atom. The third kappa shape index (κ3) is 3.30. The van der Waals surface area contributed by atoms with E-state index in [1.165, 1.54) is 42.8 Å². The monoisotopic (exact) mass is 275 g/mol. The molecule has 102 valence electrons. The second-order valence-corrected chi connectivity index (χ2v) is 6.36. The lowest BCUT2D eigenvalue weighted by molar-refractivity contribution is 0.241. The third-order valence-corrected chi connectivity index (χ3v) is 4.91. The predicted molar refractivity (Wildman–Crippen MR) is 81.4 cm³/mol. The highest BCUT2D eigenvalue weighted by molar-refractivity contribution is 8.14. The summed E-state index contributed by atoms with van der Waals surface area (Å²) in [5.41, 5.74) is 1.29. The Bertz CT molecular complexity index is 426. The number of hydrogen-bond acceptors (Lipinski definition) is 4. The number of aliphatic imine (C=N–C) groups is 1. The second kappa shape index (κ2) is 6.42. The first kappa shape index (κ1) is 13.0. The minimum Gasteiger partial charge on any atom is -0.344 e. The van der Waals surface area contributed by atoms with Crippen LogP contribution in [0.25, 0.3) is 0 Å². The smallest absolute Gasteiger partial charge is 0.159 e. The summed E-state index contributed by atoms with van der Waals surface area (Å²) in [6, 6.07) is 4.87. The highest BCUT2D eigenvalue weighted by Crippen LogP contribution is 2.28. The van der Waals surface area contributed by atoms with Gasteiger partial charge in [0.2, 0.25) is 0 Å². The van der Waals surface area contributed by atoms with Crippen molar-refractivity contribution in [3.05, 3.63) is 30.1 Å². The van der Waals surface area contributed by atoms with E-state index in [4.69, 9.17) is 4.99 Å². The fourth-order valence-corrected chi connectivity index (χ4v) is 3.86. The average molecular weight is 275 g/mol. The van der Waals surface area contributed by atoms with Gasteiger partial charge in [-0.25, -0.2) is 0 Å². The van der Waals surface area contributed by atoms with Gasteiger partial charge in [-0.3, -0.25) is 9.98 Å². The Morgan fingerprint density at radius 2 is 2.16 bits per heavy atom. The van der Waals surface area contributed by atoms with E-state index in [1.54, 1.807) is 0 Å². The Balaban J connectivity index is 1.75. The molecule has 1 aromatic heterocycles. The molecule has 0 spiro atoms. The lowest BCUT2D eigenvalue weighted by Gasteiger charge is -2.35. The van der Waals surface area contributed by atoms with Crippen LogP contribution in [-0.2, 0) is 6.54 Å². The first-order chi connectivity index (χ1) is 9.43. The highest BCUT2D eigenvalue weighted by Gasteiger charge is 2.25. The molecule has 0 saturated heterocycles. The summed E-state index contributed by atoms with van der Waals surface area (Å²) >= 11 is 1.92. The largest absolute Gasteiger partial charge is 0.344 e. The van der Waals surface area contributed by atoms with Crippen molar-refractivity contribution >= 4 is 16.9 Å². The van der Waals surface area contributed by atoms with Crippen LogP contribution >= 0.6 is 11.8 Å². The van der Waals surface area contributed by atoms with E-state index in [-0.39, 0.29) is 0 Å². The molecule has 2 aliphatic rings. The summed E-state index contributed by atoms with van der Waals surface area (Å²) in [4.78, 5) is 11.5. The van der Waals surface area contributed by atoms with Gasteiger partial charge in [0, 0.05) is 30.7 Å². The van der Waals surface area contributed by atoms with Gasteiger partial charge in [0.05, 0.1) is 6.54 Å². The van der Waals surface area contributed by atoms with Crippen molar-refractivity contribution < 1.29 is 0 Å². The number of pyridine rings is 1. The Hall–Kier alpha value is -1.03. The fourth-order valence-electron chi connectivity index (χ4n) is 2.93. The number of hydrogen-bond donors (Lipinski definition) is 0. The molecule has 0 aromatic carbocycles. The van der Waals surface area contributed by atoms with Gasteiger partial charge in [0.1, 0.15) is 0 Å². The zero-order valence-electron chi connectivity index (χ0n) is 11.3. The first-order valence-corrected chi connectivity index (χ1v) is 8.25. The van der Waals surface area contributed by atoms with Crippen molar-refractivity contribution in [2.24, 2.45) is 4.99 Å². The van der Waals surface area contributed by atoms with Crippen LogP contribution < -0.4 is 0 Å². The van der Waals surface area contributed by atoms with Crippen molar-refractivity contribution in [3.8, 4) is 0 Å². The Labute approximate surface area is 119 Å². The molecule has 0 amide bonds. The van der Waals surface area contributed by atoms with Gasteiger partial charge in [-0.05, 0) is 24.5 Å². The lowest BCUT2D eigenvalue weighted by Crippen LogP contribution is -2.39. The summed E-state index contributed by atoms with van der Waals surface area (Å²) in [5, 5.41) is 1.26. The van der Waals surface area contributed by atoms with Crippen LogP contribution in [0.4, 0.5) is 0 Å². The van der Waals surface area contributed by atoms with Crippen molar-refractivity contribution in [3.63, 3.8) is 0 Å². The Kier molecular flexibility index (Phi) is 4.38. The maximum absolute atomic E-state index is 4.69. The molecule has 0 atom stereocenters. The van der Waals surface area contributed by atoms with E-state index < -0.39 is 0 Å². The van der Waals surface area contributed by atoms with Crippen LogP contribution in [0.2, 0.25) is 0 Å². The summed E-state index contributed by atoms with van der Waals surface area (Å²) < 4.78 is 0. The van der Waals surface area contributed by atoms with Crippen LogP contribution in [0, 0.1) is 0 Å². The van der Waals surface area contributed by atoms with Gasteiger partial charge in [0.25, 0.3) is 0 Å². The van der Waals surface area contributed by atoms with Crippen molar-refractivity contribution in [1.82, 2.24) is 9.88 Å². The lowest BCUT2D eigenvalue weighted by atomic mass is 9.94. The van der Waals surface area contributed by atoms with E-state index in [1.807, 2.05) is 30.2 Å². The molecule has 0 unspecified atom stereocenters. The van der Waals surface area contributed by atoms with Gasteiger partial charge < -0.3 is 4.90 Å². The molecule has 2 heterocycles. The number of aromatic nitrogens is 1. The van der Waals surface area contributed by atoms with E-state index >= 15 is 0 Å². The van der Waals surface area contributed by atoms with E-state index in [0.29, 0.717) is 6.04 Å². The zero-order chi connectivity index (χ0) is 12.9. The number of rotatable bonds is 3. The van der Waals surface area contributed by atoms with Gasteiger partial charge in [-0.15, -0.1) is 0 Å². The van der Waals surface area contributed by atoms with Crippen molar-refractivity contribution in [2.75, 3.05) is 12.3 Å². The molecule has 3 nitrogen and oxygen atoms in total. The van der Waals surface area contributed by atoms with Gasteiger partial charge in [-0.2, -0.15) is 0 Å². The molecule has 19 heavy (non-hydrogen) atoms. The maximum atomic E-state index is 4.69. The second-order valence-electron chi connectivity index (χ2n) is 5.29. The molecule has 1 aliphatic carbocycles. The molecule has 0 N–H and O–H groups in total. The topological polar surface area (TPSA) is 28.5 Å². The van der Waals surface area contributed by atoms with Crippen LogP contribution in [0.1, 0.15) is 37.7 Å². The van der Waals surface area contributed by atoms with Crippen LogP contribution in [-0.4, -0.2) is 33.4 Å². The van der Waals surface area contributed by atoms with Crippen molar-refractivity contribution in [1.29, 1.82) is 0 Å². The predicted octanol–water partition coefficient (Wildman–Crippen LogP) is 3.32. The summed E-state index contributed by atoms with van der Waals surface area (Å²) in [6.07, 6.45) is 10.6. The van der Waals surface area contributed by atoms with Crippen LogP contribution in [0.5, 0.6) is 0 Å². The minimum absolute atomic E-state index is 0.679. The quantitative estimate of drug-likeness (QED) is 0.847. The molecule has 1 saturated carbocycles. The molecule has 0 bridgehead atoms. The van der Waals surface area contributed by atoms with Crippen LogP contribution in [0.3, 0.4) is 0 Å². The number of amidine groups is 1. The molecule has 0 radical (unpaired) electrons. The fraction of sp³-hybridized carbons (Fsp3) is 0.600. The van der Waals surface area contributed by atoms with E-state index in [2.05, 4.69) is 16.0 Å². The normalized spacial score (nSPS) is 20.3. The SMILES string of the molecule is c1cncc(CN(C2=NCCS2)C2CCCCC2)c1. The van der Waals surface area contributed by atoms with Crippen LogP contribution in [0.15, 0.2) is 29.5 Å². The molecule has 1 fully saturated rings. The summed E-state index contributed by atoms with van der Waals surface area (Å²) in [7, 11) is 0. The molecular weight excluding hydrogens is 254 g/mol. The molecule has 3 rings (SSSR count). The van der Waals surface area contributed by atoms with Crippen molar-refractivity contribution in [2.45, 2.75) is 44.7 Å². The van der Waals surface area contributed by atoms with Gasteiger partial charge in [0.15, 0.2) is 5.17 Å². The van der Waals surface area contributed by atoms with Gasteiger partial charge in [-0.1, -0.05) is 37.1 Å². The molecular formula is C15H21N3S. The number of nitrogens with zero attached hydrogens (tertiary/aromatic N) is 3.